The van der Waals surface area contributed by atoms with Crippen molar-refractivity contribution in [3.63, 3.8) is 0 Å². The highest BCUT2D eigenvalue weighted by molar-refractivity contribution is 8.01. The van der Waals surface area contributed by atoms with Crippen LogP contribution in [0.25, 0.3) is 0 Å². The smallest absolute Gasteiger partial charge is 0.240 e. The lowest BCUT2D eigenvalue weighted by Gasteiger charge is -2.41. The summed E-state index contributed by atoms with van der Waals surface area (Å²) in [5.41, 5.74) is 6.07. The molecule has 3 fully saturated rings. The first-order chi connectivity index (χ1) is 11.9. The normalized spacial score (nSPS) is 31.6. The summed E-state index contributed by atoms with van der Waals surface area (Å²) in [5, 5.41) is 3.59. The molecule has 3 atom stereocenters. The number of hydrogen-bond donors (Lipinski definition) is 2. The zero-order valence-electron chi connectivity index (χ0n) is 15.2. The monoisotopic (exact) mass is 386 g/mol. The minimum Gasteiger partial charge on any atom is -0.340 e. The molecule has 3 aliphatic rings. The van der Waals surface area contributed by atoms with Gasteiger partial charge in [-0.25, -0.2) is 0 Å². The molecule has 2 amide bonds. The molecular weight excluding hydrogens is 356 g/mol. The van der Waals surface area contributed by atoms with Crippen molar-refractivity contribution >= 4 is 35.3 Å². The SMILES string of the molecule is CC(C)[C@H](N)C(=O)N1CCCC2(C1)N[C@H](C(=O)N1CCSCC1)CS2. The van der Waals surface area contributed by atoms with Gasteiger partial charge in [0.1, 0.15) is 0 Å². The molecule has 0 aromatic rings. The standard InChI is InChI=1S/C17H30N4O2S2/c1-12(2)14(18)16(23)21-5-3-4-17(11-21)19-13(10-25-17)15(22)20-6-8-24-9-7-20/h12-14,19H,3-11,18H2,1-2H3/t13-,14-,17?/m0/s1. The lowest BCUT2D eigenvalue weighted by molar-refractivity contribution is -0.135. The predicted octanol–water partition coefficient (Wildman–Crippen LogP) is 0.569. The van der Waals surface area contributed by atoms with E-state index in [0.29, 0.717) is 6.54 Å². The Morgan fingerprint density at radius 1 is 1.20 bits per heavy atom. The lowest BCUT2D eigenvalue weighted by Crippen LogP contribution is -2.60. The molecular formula is C17H30N4O2S2. The molecule has 8 heteroatoms. The number of rotatable bonds is 3. The first kappa shape index (κ1) is 19.3. The van der Waals surface area contributed by atoms with Gasteiger partial charge in [0.05, 0.1) is 17.0 Å². The van der Waals surface area contributed by atoms with Crippen LogP contribution in [0.3, 0.4) is 0 Å². The van der Waals surface area contributed by atoms with E-state index in [1.807, 2.05) is 47.2 Å². The summed E-state index contributed by atoms with van der Waals surface area (Å²) in [7, 11) is 0. The van der Waals surface area contributed by atoms with E-state index in [1.54, 1.807) is 0 Å². The summed E-state index contributed by atoms with van der Waals surface area (Å²) < 4.78 is 0. The van der Waals surface area contributed by atoms with E-state index in [1.165, 1.54) is 0 Å². The third kappa shape index (κ3) is 4.28. The van der Waals surface area contributed by atoms with Gasteiger partial charge in [0, 0.05) is 43.4 Å². The van der Waals surface area contributed by atoms with Gasteiger partial charge in [0.15, 0.2) is 0 Å². The third-order valence-electron chi connectivity index (χ3n) is 5.35. The molecule has 142 valence electrons. The molecule has 3 saturated heterocycles. The molecule has 0 aromatic carbocycles. The van der Waals surface area contributed by atoms with E-state index >= 15 is 0 Å². The molecule has 0 aliphatic carbocycles. The molecule has 3 N–H and O–H groups in total. The van der Waals surface area contributed by atoms with Crippen molar-refractivity contribution in [2.24, 2.45) is 11.7 Å². The molecule has 3 aliphatic heterocycles. The van der Waals surface area contributed by atoms with Gasteiger partial charge in [-0.3, -0.25) is 14.9 Å². The zero-order chi connectivity index (χ0) is 18.0. The maximum atomic E-state index is 12.8. The van der Waals surface area contributed by atoms with Gasteiger partial charge in [-0.15, -0.1) is 11.8 Å². The average molecular weight is 387 g/mol. The minimum atomic E-state index is -0.440. The summed E-state index contributed by atoms with van der Waals surface area (Å²) >= 11 is 3.72. The van der Waals surface area contributed by atoms with Crippen molar-refractivity contribution in [1.29, 1.82) is 0 Å². The molecule has 1 unspecified atom stereocenters. The van der Waals surface area contributed by atoms with Crippen molar-refractivity contribution in [2.45, 2.75) is 43.6 Å². The van der Waals surface area contributed by atoms with Gasteiger partial charge in [-0.05, 0) is 18.8 Å². The van der Waals surface area contributed by atoms with Crippen LogP contribution in [0.4, 0.5) is 0 Å². The minimum absolute atomic E-state index is 0.0410. The molecule has 25 heavy (non-hydrogen) atoms. The van der Waals surface area contributed by atoms with Crippen LogP contribution in [0, 0.1) is 5.92 Å². The molecule has 0 saturated carbocycles. The van der Waals surface area contributed by atoms with Crippen LogP contribution in [0.2, 0.25) is 0 Å². The quantitative estimate of drug-likeness (QED) is 0.738. The van der Waals surface area contributed by atoms with E-state index in [-0.39, 0.29) is 28.6 Å². The van der Waals surface area contributed by atoms with Gasteiger partial charge >= 0.3 is 0 Å². The second kappa shape index (κ2) is 8.06. The van der Waals surface area contributed by atoms with E-state index in [0.717, 1.165) is 49.7 Å². The summed E-state index contributed by atoms with van der Waals surface area (Å²) in [6.45, 7) is 7.09. The Balaban J connectivity index is 1.61. The second-order valence-corrected chi connectivity index (χ2v) is 10.2. The summed E-state index contributed by atoms with van der Waals surface area (Å²) in [5.74, 6) is 3.27. The number of carbonyl (C=O) groups excluding carboxylic acids is 2. The van der Waals surface area contributed by atoms with Crippen LogP contribution in [-0.4, -0.2) is 82.0 Å². The Bertz CT molecular complexity index is 513. The maximum absolute atomic E-state index is 12.8. The molecule has 3 heterocycles. The molecule has 0 bridgehead atoms. The van der Waals surface area contributed by atoms with Crippen LogP contribution < -0.4 is 11.1 Å². The van der Waals surface area contributed by atoms with Gasteiger partial charge in [-0.1, -0.05) is 13.8 Å². The highest BCUT2D eigenvalue weighted by Gasteiger charge is 2.46. The first-order valence-corrected chi connectivity index (χ1v) is 11.4. The zero-order valence-corrected chi connectivity index (χ0v) is 16.8. The van der Waals surface area contributed by atoms with Crippen LogP contribution >= 0.6 is 23.5 Å². The number of amides is 2. The summed E-state index contributed by atoms with van der Waals surface area (Å²) in [6.07, 6.45) is 1.95. The van der Waals surface area contributed by atoms with E-state index in [4.69, 9.17) is 5.73 Å². The van der Waals surface area contributed by atoms with Gasteiger partial charge < -0.3 is 15.5 Å². The fraction of sp³-hybridized carbons (Fsp3) is 0.882. The van der Waals surface area contributed by atoms with Crippen molar-refractivity contribution in [2.75, 3.05) is 43.4 Å². The number of likely N-dealkylation sites (tertiary alicyclic amines) is 1. The summed E-state index contributed by atoms with van der Waals surface area (Å²) in [6, 6.07) is -0.563. The average Bonchev–Trinajstić information content (AvgIpc) is 3.03. The van der Waals surface area contributed by atoms with Crippen LogP contribution in [-0.2, 0) is 9.59 Å². The molecule has 0 radical (unpaired) electrons. The second-order valence-electron chi connectivity index (χ2n) is 7.57. The van der Waals surface area contributed by atoms with Crippen LogP contribution in [0.15, 0.2) is 0 Å². The highest BCUT2D eigenvalue weighted by Crippen LogP contribution is 2.38. The Kier molecular flexibility index (Phi) is 6.23. The molecule has 6 nitrogen and oxygen atoms in total. The topological polar surface area (TPSA) is 78.7 Å². The van der Waals surface area contributed by atoms with Crippen LogP contribution in [0.5, 0.6) is 0 Å². The fourth-order valence-electron chi connectivity index (χ4n) is 3.72. The third-order valence-corrected chi connectivity index (χ3v) is 7.80. The van der Waals surface area contributed by atoms with Crippen molar-refractivity contribution in [1.82, 2.24) is 15.1 Å². The van der Waals surface area contributed by atoms with E-state index < -0.39 is 6.04 Å². The number of nitrogens with two attached hydrogens (primary N) is 1. The Hall–Kier alpha value is -0.440. The van der Waals surface area contributed by atoms with E-state index in [9.17, 15) is 9.59 Å². The largest absolute Gasteiger partial charge is 0.340 e. The van der Waals surface area contributed by atoms with Crippen LogP contribution in [0.1, 0.15) is 26.7 Å². The fourth-order valence-corrected chi connectivity index (χ4v) is 6.10. The number of thioether (sulfide) groups is 2. The van der Waals surface area contributed by atoms with E-state index in [2.05, 4.69) is 5.32 Å². The maximum Gasteiger partial charge on any atom is 0.240 e. The molecule has 3 rings (SSSR count). The number of nitrogens with one attached hydrogen (secondary N) is 1. The number of piperidine rings is 1. The van der Waals surface area contributed by atoms with Gasteiger partial charge in [0.2, 0.25) is 11.8 Å². The van der Waals surface area contributed by atoms with Crippen molar-refractivity contribution in [3.8, 4) is 0 Å². The Labute approximate surface area is 159 Å². The van der Waals surface area contributed by atoms with Crippen molar-refractivity contribution < 1.29 is 9.59 Å². The molecule has 1 spiro atoms. The number of carbonyl (C=O) groups is 2. The molecule has 0 aromatic heterocycles. The number of nitrogens with zero attached hydrogens (tertiary/aromatic N) is 2. The summed E-state index contributed by atoms with van der Waals surface area (Å²) in [4.78, 5) is 29.1. The van der Waals surface area contributed by atoms with Crippen molar-refractivity contribution in [3.05, 3.63) is 0 Å². The highest BCUT2D eigenvalue weighted by atomic mass is 32.2. The number of hydrogen-bond acceptors (Lipinski definition) is 6. The Morgan fingerprint density at radius 2 is 1.92 bits per heavy atom. The predicted molar refractivity (Wildman–Crippen MR) is 105 cm³/mol. The van der Waals surface area contributed by atoms with Gasteiger partial charge in [0.25, 0.3) is 0 Å². The van der Waals surface area contributed by atoms with Gasteiger partial charge in [-0.2, -0.15) is 11.8 Å². The lowest BCUT2D eigenvalue weighted by atomic mass is 9.99. The Morgan fingerprint density at radius 3 is 2.60 bits per heavy atom. The first-order valence-electron chi connectivity index (χ1n) is 9.24.